The maximum atomic E-state index is 12.0. The van der Waals surface area contributed by atoms with Crippen molar-refractivity contribution < 1.29 is 9.59 Å². The monoisotopic (exact) mass is 290 g/mol. The number of carbonyl (C=O) groups is 2. The molecule has 1 fully saturated rings. The van der Waals surface area contributed by atoms with Gasteiger partial charge in [0.1, 0.15) is 0 Å². The van der Waals surface area contributed by atoms with E-state index in [1.54, 1.807) is 18.2 Å². The molecule has 0 aliphatic carbocycles. The van der Waals surface area contributed by atoms with Gasteiger partial charge in [-0.05, 0) is 37.5 Å². The van der Waals surface area contributed by atoms with Gasteiger partial charge in [0.05, 0.1) is 5.56 Å². The van der Waals surface area contributed by atoms with Gasteiger partial charge >= 0.3 is 0 Å². The van der Waals surface area contributed by atoms with Crippen molar-refractivity contribution in [3.05, 3.63) is 23.8 Å². The number of nitrogens with zero attached hydrogens (tertiary/aromatic N) is 1. The maximum Gasteiger partial charge on any atom is 0.250 e. The van der Waals surface area contributed by atoms with Crippen molar-refractivity contribution in [2.45, 2.75) is 25.7 Å². The number of nitrogens with one attached hydrogen (secondary N) is 1. The summed E-state index contributed by atoms with van der Waals surface area (Å²) >= 11 is 0. The summed E-state index contributed by atoms with van der Waals surface area (Å²) in [7, 11) is 0. The van der Waals surface area contributed by atoms with E-state index in [1.165, 1.54) is 6.42 Å². The quantitative estimate of drug-likeness (QED) is 0.709. The Morgan fingerprint density at radius 2 is 1.90 bits per heavy atom. The molecule has 0 spiro atoms. The van der Waals surface area contributed by atoms with Crippen LogP contribution in [-0.2, 0) is 4.79 Å². The standard InChI is InChI=1S/C15H22N4O2/c16-11-4-5-12(15(17)21)13(10-11)18-7-6-14(20)19-8-2-1-3-9-19/h4-5,10,18H,1-3,6-9,16H2,(H2,17,21). The molecule has 1 aromatic rings. The predicted octanol–water partition coefficient (Wildman–Crippen LogP) is 1.18. The molecule has 0 saturated carbocycles. The van der Waals surface area contributed by atoms with E-state index in [0.717, 1.165) is 25.9 Å². The third kappa shape index (κ3) is 4.11. The molecule has 2 rings (SSSR count). The minimum atomic E-state index is -0.514. The van der Waals surface area contributed by atoms with Crippen LogP contribution < -0.4 is 16.8 Å². The lowest BCUT2D eigenvalue weighted by atomic mass is 10.1. The third-order valence-corrected chi connectivity index (χ3v) is 3.67. The van der Waals surface area contributed by atoms with E-state index < -0.39 is 5.91 Å². The van der Waals surface area contributed by atoms with Crippen molar-refractivity contribution in [3.8, 4) is 0 Å². The molecule has 0 aromatic heterocycles. The molecule has 2 amide bonds. The number of nitrogen functional groups attached to an aromatic ring is 1. The van der Waals surface area contributed by atoms with Gasteiger partial charge in [0, 0.05) is 37.4 Å². The largest absolute Gasteiger partial charge is 0.399 e. The average Bonchev–Trinajstić information content (AvgIpc) is 2.48. The minimum absolute atomic E-state index is 0.145. The zero-order chi connectivity index (χ0) is 15.2. The molecule has 0 bridgehead atoms. The fourth-order valence-electron chi connectivity index (χ4n) is 2.53. The number of primary amides is 1. The number of nitrogens with two attached hydrogens (primary N) is 2. The Morgan fingerprint density at radius 3 is 2.57 bits per heavy atom. The predicted molar refractivity (Wildman–Crippen MR) is 82.9 cm³/mol. The highest BCUT2D eigenvalue weighted by Crippen LogP contribution is 2.19. The Balaban J connectivity index is 1.89. The van der Waals surface area contributed by atoms with Gasteiger partial charge in [-0.3, -0.25) is 9.59 Å². The van der Waals surface area contributed by atoms with Crippen molar-refractivity contribution in [1.29, 1.82) is 0 Å². The zero-order valence-electron chi connectivity index (χ0n) is 12.1. The molecule has 0 radical (unpaired) electrons. The summed E-state index contributed by atoms with van der Waals surface area (Å²) in [4.78, 5) is 25.3. The van der Waals surface area contributed by atoms with Gasteiger partial charge in [0.15, 0.2) is 0 Å². The summed E-state index contributed by atoms with van der Waals surface area (Å²) in [6.07, 6.45) is 3.76. The van der Waals surface area contributed by atoms with Crippen LogP contribution in [0.25, 0.3) is 0 Å². The highest BCUT2D eigenvalue weighted by molar-refractivity contribution is 5.99. The number of rotatable bonds is 5. The first-order chi connectivity index (χ1) is 10.1. The van der Waals surface area contributed by atoms with Crippen LogP contribution in [0.1, 0.15) is 36.0 Å². The number of amides is 2. The van der Waals surface area contributed by atoms with Crippen LogP contribution in [-0.4, -0.2) is 36.3 Å². The summed E-state index contributed by atoms with van der Waals surface area (Å²) in [5, 5.41) is 3.08. The molecular weight excluding hydrogens is 268 g/mol. The summed E-state index contributed by atoms with van der Waals surface area (Å²) in [5.41, 5.74) is 12.5. The van der Waals surface area contributed by atoms with Crippen molar-refractivity contribution in [1.82, 2.24) is 4.90 Å². The van der Waals surface area contributed by atoms with E-state index in [1.807, 2.05) is 4.90 Å². The zero-order valence-corrected chi connectivity index (χ0v) is 12.1. The lowest BCUT2D eigenvalue weighted by Crippen LogP contribution is -2.36. The molecule has 1 aliphatic heterocycles. The first-order valence-electron chi connectivity index (χ1n) is 7.29. The van der Waals surface area contributed by atoms with E-state index in [4.69, 9.17) is 11.5 Å². The molecule has 6 nitrogen and oxygen atoms in total. The van der Waals surface area contributed by atoms with Crippen LogP contribution in [0, 0.1) is 0 Å². The highest BCUT2D eigenvalue weighted by atomic mass is 16.2. The average molecular weight is 290 g/mol. The van der Waals surface area contributed by atoms with Crippen molar-refractivity contribution >= 4 is 23.2 Å². The topological polar surface area (TPSA) is 101 Å². The van der Waals surface area contributed by atoms with Crippen LogP contribution in [0.5, 0.6) is 0 Å². The molecule has 21 heavy (non-hydrogen) atoms. The SMILES string of the molecule is NC(=O)c1ccc(N)cc1NCCC(=O)N1CCCCC1. The van der Waals surface area contributed by atoms with Crippen molar-refractivity contribution in [2.24, 2.45) is 5.73 Å². The Kier molecular flexibility index (Phi) is 5.03. The summed E-state index contributed by atoms with van der Waals surface area (Å²) in [6.45, 7) is 2.16. The molecule has 6 heteroatoms. The van der Waals surface area contributed by atoms with Crippen molar-refractivity contribution in [3.63, 3.8) is 0 Å². The van der Waals surface area contributed by atoms with E-state index in [9.17, 15) is 9.59 Å². The molecule has 1 aromatic carbocycles. The van der Waals surface area contributed by atoms with Gasteiger partial charge in [-0.25, -0.2) is 0 Å². The van der Waals surface area contributed by atoms with E-state index >= 15 is 0 Å². The second kappa shape index (κ2) is 6.97. The number of likely N-dealkylation sites (tertiary alicyclic amines) is 1. The van der Waals surface area contributed by atoms with E-state index in [0.29, 0.717) is 29.9 Å². The molecular formula is C15H22N4O2. The van der Waals surface area contributed by atoms with Gasteiger partial charge in [-0.15, -0.1) is 0 Å². The normalized spacial score (nSPS) is 14.8. The summed E-state index contributed by atoms with van der Waals surface area (Å²) in [6, 6.07) is 4.88. The Labute approximate surface area is 124 Å². The van der Waals surface area contributed by atoms with Crippen LogP contribution in [0.3, 0.4) is 0 Å². The van der Waals surface area contributed by atoms with Gasteiger partial charge in [0.25, 0.3) is 5.91 Å². The summed E-state index contributed by atoms with van der Waals surface area (Å²) in [5.74, 6) is -0.369. The molecule has 5 N–H and O–H groups in total. The Morgan fingerprint density at radius 1 is 1.19 bits per heavy atom. The third-order valence-electron chi connectivity index (χ3n) is 3.67. The van der Waals surface area contributed by atoms with Gasteiger partial charge in [-0.2, -0.15) is 0 Å². The van der Waals surface area contributed by atoms with Crippen LogP contribution in [0.2, 0.25) is 0 Å². The Bertz CT molecular complexity index is 524. The number of carbonyl (C=O) groups excluding carboxylic acids is 2. The number of hydrogen-bond acceptors (Lipinski definition) is 4. The molecule has 1 saturated heterocycles. The number of benzene rings is 1. The molecule has 1 aliphatic rings. The van der Waals surface area contributed by atoms with Gasteiger partial charge < -0.3 is 21.7 Å². The minimum Gasteiger partial charge on any atom is -0.399 e. The fraction of sp³-hybridized carbons (Fsp3) is 0.467. The van der Waals surface area contributed by atoms with Crippen LogP contribution in [0.4, 0.5) is 11.4 Å². The molecule has 1 heterocycles. The van der Waals surface area contributed by atoms with E-state index in [2.05, 4.69) is 5.32 Å². The smallest absolute Gasteiger partial charge is 0.250 e. The first-order valence-corrected chi connectivity index (χ1v) is 7.29. The Hall–Kier alpha value is -2.24. The van der Waals surface area contributed by atoms with Crippen LogP contribution >= 0.6 is 0 Å². The maximum absolute atomic E-state index is 12.0. The molecule has 0 unspecified atom stereocenters. The first kappa shape index (κ1) is 15.2. The molecule has 0 atom stereocenters. The second-order valence-electron chi connectivity index (χ2n) is 5.29. The number of anilines is 2. The van der Waals surface area contributed by atoms with E-state index in [-0.39, 0.29) is 5.91 Å². The lowest BCUT2D eigenvalue weighted by molar-refractivity contribution is -0.131. The number of hydrogen-bond donors (Lipinski definition) is 3. The second-order valence-corrected chi connectivity index (χ2v) is 5.29. The summed E-state index contributed by atoms with van der Waals surface area (Å²) < 4.78 is 0. The van der Waals surface area contributed by atoms with Gasteiger partial charge in [0.2, 0.25) is 5.91 Å². The van der Waals surface area contributed by atoms with Crippen molar-refractivity contribution in [2.75, 3.05) is 30.7 Å². The highest BCUT2D eigenvalue weighted by Gasteiger charge is 2.16. The lowest BCUT2D eigenvalue weighted by Gasteiger charge is -2.26. The molecule has 114 valence electrons. The fourth-order valence-corrected chi connectivity index (χ4v) is 2.53. The van der Waals surface area contributed by atoms with Crippen LogP contribution in [0.15, 0.2) is 18.2 Å². The van der Waals surface area contributed by atoms with Gasteiger partial charge in [-0.1, -0.05) is 0 Å². The number of piperidine rings is 1.